The molecule has 0 N–H and O–H groups in total. The van der Waals surface area contributed by atoms with Gasteiger partial charge in [0.1, 0.15) is 0 Å². The lowest BCUT2D eigenvalue weighted by atomic mass is 9.66. The molecule has 3 rings (SSSR count). The van der Waals surface area contributed by atoms with E-state index in [0.29, 0.717) is 11.0 Å². The predicted octanol–water partition coefficient (Wildman–Crippen LogP) is 4.97. The van der Waals surface area contributed by atoms with Gasteiger partial charge in [0, 0.05) is 5.54 Å². The average Bonchev–Trinajstić information content (AvgIpc) is 2.50. The van der Waals surface area contributed by atoms with E-state index in [1.807, 2.05) is 0 Å². The summed E-state index contributed by atoms with van der Waals surface area (Å²) in [7, 11) is 0. The van der Waals surface area contributed by atoms with Crippen LogP contribution >= 0.6 is 0 Å². The zero-order valence-corrected chi connectivity index (χ0v) is 13.2. The maximum absolute atomic E-state index is 2.82. The van der Waals surface area contributed by atoms with Crippen LogP contribution < -0.4 is 0 Å². The van der Waals surface area contributed by atoms with Gasteiger partial charge in [-0.1, -0.05) is 50.6 Å². The van der Waals surface area contributed by atoms with Crippen molar-refractivity contribution < 1.29 is 0 Å². The second-order valence-electron chi connectivity index (χ2n) is 7.61. The minimum atomic E-state index is 0.331. The van der Waals surface area contributed by atoms with Crippen LogP contribution in [0.4, 0.5) is 0 Å². The Labute approximate surface area is 124 Å². The molecular weight excluding hydrogens is 242 g/mol. The zero-order valence-electron chi connectivity index (χ0n) is 13.2. The van der Waals surface area contributed by atoms with Crippen molar-refractivity contribution in [3.8, 4) is 0 Å². The molecule has 20 heavy (non-hydrogen) atoms. The van der Waals surface area contributed by atoms with Crippen molar-refractivity contribution in [2.45, 2.75) is 64.3 Å². The molecule has 0 aromatic heterocycles. The van der Waals surface area contributed by atoms with Crippen molar-refractivity contribution in [3.05, 3.63) is 35.9 Å². The van der Waals surface area contributed by atoms with Crippen LogP contribution in [0.1, 0.15) is 64.4 Å². The third-order valence-electron chi connectivity index (χ3n) is 5.70. The van der Waals surface area contributed by atoms with E-state index in [1.165, 1.54) is 58.0 Å². The molecule has 1 aromatic rings. The molecule has 1 nitrogen and oxygen atoms in total. The highest BCUT2D eigenvalue weighted by molar-refractivity contribution is 5.26. The quantitative estimate of drug-likeness (QED) is 0.734. The fourth-order valence-electron chi connectivity index (χ4n) is 4.20. The lowest BCUT2D eigenvalue weighted by Crippen LogP contribution is -2.51. The van der Waals surface area contributed by atoms with Crippen LogP contribution in [0.3, 0.4) is 0 Å². The van der Waals surface area contributed by atoms with Crippen LogP contribution in [-0.2, 0) is 5.54 Å². The first-order valence-corrected chi connectivity index (χ1v) is 8.43. The molecular formula is C19H29N. The molecule has 0 radical (unpaired) electrons. The first-order chi connectivity index (χ1) is 9.62. The van der Waals surface area contributed by atoms with Crippen molar-refractivity contribution in [2.75, 3.05) is 13.1 Å². The summed E-state index contributed by atoms with van der Waals surface area (Å²) in [5, 5.41) is 0. The van der Waals surface area contributed by atoms with Crippen molar-refractivity contribution in [3.63, 3.8) is 0 Å². The second-order valence-corrected chi connectivity index (χ2v) is 7.61. The summed E-state index contributed by atoms with van der Waals surface area (Å²) in [6.07, 6.45) is 9.59. The van der Waals surface area contributed by atoms with Gasteiger partial charge in [-0.15, -0.1) is 0 Å². The van der Waals surface area contributed by atoms with Gasteiger partial charge >= 0.3 is 0 Å². The van der Waals surface area contributed by atoms with E-state index in [4.69, 9.17) is 0 Å². The normalized spacial score (nSPS) is 26.3. The summed E-state index contributed by atoms with van der Waals surface area (Å²) in [6, 6.07) is 11.3. The molecule has 2 aliphatic rings. The number of likely N-dealkylation sites (tertiary alicyclic amines) is 1. The Balaban J connectivity index is 1.91. The van der Waals surface area contributed by atoms with E-state index in [-0.39, 0.29) is 0 Å². The molecule has 1 heterocycles. The largest absolute Gasteiger partial charge is 0.294 e. The zero-order chi connectivity index (χ0) is 14.1. The van der Waals surface area contributed by atoms with E-state index in [1.54, 1.807) is 5.56 Å². The Hall–Kier alpha value is -0.820. The fraction of sp³-hybridized carbons (Fsp3) is 0.684. The number of benzene rings is 1. The van der Waals surface area contributed by atoms with E-state index >= 15 is 0 Å². The van der Waals surface area contributed by atoms with Gasteiger partial charge in [-0.25, -0.2) is 0 Å². The number of rotatable bonds is 2. The SMILES string of the molecule is CC1(C)CCC(c2ccccc2)(N2CCCCC2)CC1. The highest BCUT2D eigenvalue weighted by atomic mass is 15.2. The summed E-state index contributed by atoms with van der Waals surface area (Å²) in [5.41, 5.74) is 2.43. The lowest BCUT2D eigenvalue weighted by molar-refractivity contribution is 0.000841. The second kappa shape index (κ2) is 5.52. The van der Waals surface area contributed by atoms with E-state index < -0.39 is 0 Å². The molecule has 1 aromatic carbocycles. The van der Waals surface area contributed by atoms with E-state index in [2.05, 4.69) is 49.1 Å². The number of piperidine rings is 1. The predicted molar refractivity (Wildman–Crippen MR) is 85.8 cm³/mol. The molecule has 2 fully saturated rings. The minimum Gasteiger partial charge on any atom is -0.294 e. The smallest absolute Gasteiger partial charge is 0.0461 e. The van der Waals surface area contributed by atoms with Crippen LogP contribution in [0.5, 0.6) is 0 Å². The Kier molecular flexibility index (Phi) is 3.90. The topological polar surface area (TPSA) is 3.24 Å². The Morgan fingerprint density at radius 1 is 0.800 bits per heavy atom. The van der Waals surface area contributed by atoms with Crippen LogP contribution in [0, 0.1) is 5.41 Å². The van der Waals surface area contributed by atoms with Crippen molar-refractivity contribution in [2.24, 2.45) is 5.41 Å². The fourth-order valence-corrected chi connectivity index (χ4v) is 4.20. The molecule has 1 saturated heterocycles. The lowest BCUT2D eigenvalue weighted by Gasteiger charge is -2.52. The molecule has 0 atom stereocenters. The van der Waals surface area contributed by atoms with E-state index in [0.717, 1.165) is 0 Å². The first kappa shape index (κ1) is 14.1. The Morgan fingerprint density at radius 2 is 1.40 bits per heavy atom. The summed E-state index contributed by atoms with van der Waals surface area (Å²) < 4.78 is 0. The van der Waals surface area contributed by atoms with Gasteiger partial charge in [0.25, 0.3) is 0 Å². The minimum absolute atomic E-state index is 0.331. The monoisotopic (exact) mass is 271 g/mol. The van der Waals surface area contributed by atoms with Crippen molar-refractivity contribution in [1.29, 1.82) is 0 Å². The molecule has 0 amide bonds. The molecule has 0 unspecified atom stereocenters. The van der Waals surface area contributed by atoms with Crippen molar-refractivity contribution in [1.82, 2.24) is 4.90 Å². The summed E-state index contributed by atoms with van der Waals surface area (Å²) >= 11 is 0. The van der Waals surface area contributed by atoms with Gasteiger partial charge in [-0.3, -0.25) is 4.90 Å². The number of hydrogen-bond donors (Lipinski definition) is 0. The number of nitrogens with zero attached hydrogens (tertiary/aromatic N) is 1. The molecule has 110 valence electrons. The molecule has 1 aliphatic heterocycles. The maximum Gasteiger partial charge on any atom is 0.0461 e. The summed E-state index contributed by atoms with van der Waals surface area (Å²) in [6.45, 7) is 7.49. The van der Waals surface area contributed by atoms with E-state index in [9.17, 15) is 0 Å². The summed E-state index contributed by atoms with van der Waals surface area (Å²) in [4.78, 5) is 2.82. The van der Waals surface area contributed by atoms with Gasteiger partial charge in [-0.05, 0) is 62.6 Å². The average molecular weight is 271 g/mol. The standard InChI is InChI=1S/C19H29N/c1-18(2)11-13-19(14-12-18,17-9-5-3-6-10-17)20-15-7-4-8-16-20/h3,5-6,9-10H,4,7-8,11-16H2,1-2H3. The van der Waals surface area contributed by atoms with Gasteiger partial charge in [0.15, 0.2) is 0 Å². The van der Waals surface area contributed by atoms with Gasteiger partial charge in [-0.2, -0.15) is 0 Å². The van der Waals surface area contributed by atoms with Gasteiger partial charge in [0.2, 0.25) is 0 Å². The molecule has 1 aliphatic carbocycles. The van der Waals surface area contributed by atoms with Crippen LogP contribution in [0.25, 0.3) is 0 Å². The Morgan fingerprint density at radius 3 is 2.00 bits per heavy atom. The van der Waals surface area contributed by atoms with Gasteiger partial charge in [0.05, 0.1) is 0 Å². The van der Waals surface area contributed by atoms with Crippen LogP contribution in [0.15, 0.2) is 30.3 Å². The van der Waals surface area contributed by atoms with Crippen LogP contribution in [0.2, 0.25) is 0 Å². The van der Waals surface area contributed by atoms with Crippen molar-refractivity contribution >= 4 is 0 Å². The maximum atomic E-state index is 2.82. The molecule has 0 spiro atoms. The van der Waals surface area contributed by atoms with Gasteiger partial charge < -0.3 is 0 Å². The highest BCUT2D eigenvalue weighted by Crippen LogP contribution is 2.49. The third-order valence-corrected chi connectivity index (χ3v) is 5.70. The summed E-state index contributed by atoms with van der Waals surface area (Å²) in [5.74, 6) is 0. The Bertz CT molecular complexity index is 418. The molecule has 0 bridgehead atoms. The first-order valence-electron chi connectivity index (χ1n) is 8.43. The number of hydrogen-bond acceptors (Lipinski definition) is 1. The molecule has 1 heteroatoms. The van der Waals surface area contributed by atoms with Crippen LogP contribution in [-0.4, -0.2) is 18.0 Å². The molecule has 1 saturated carbocycles. The third kappa shape index (κ3) is 2.65. The highest BCUT2D eigenvalue weighted by Gasteiger charge is 2.43.